The summed E-state index contributed by atoms with van der Waals surface area (Å²) in [6.45, 7) is 8.40. The zero-order valence-electron chi connectivity index (χ0n) is 20.6. The van der Waals surface area contributed by atoms with Gasteiger partial charge in [0, 0.05) is 11.1 Å². The molecule has 35 heavy (non-hydrogen) atoms. The van der Waals surface area contributed by atoms with Crippen molar-refractivity contribution in [3.8, 4) is 33.9 Å². The molecule has 4 aromatic carbocycles. The summed E-state index contributed by atoms with van der Waals surface area (Å²) < 4.78 is 5.04. The van der Waals surface area contributed by atoms with Gasteiger partial charge >= 0.3 is 0 Å². The molecule has 1 heterocycles. The lowest BCUT2D eigenvalue weighted by Crippen LogP contribution is -3.00. The Kier molecular flexibility index (Phi) is 7.67. The highest BCUT2D eigenvalue weighted by atomic mass is 79.9. The number of rotatable bonds is 6. The molecule has 3 heteroatoms. The summed E-state index contributed by atoms with van der Waals surface area (Å²) in [5, 5.41) is 0. The highest BCUT2D eigenvalue weighted by Crippen LogP contribution is 2.37. The van der Waals surface area contributed by atoms with Gasteiger partial charge < -0.3 is 17.0 Å². The van der Waals surface area contributed by atoms with Gasteiger partial charge in [-0.25, -0.2) is 9.13 Å². The third-order valence-corrected chi connectivity index (χ3v) is 6.57. The molecule has 0 fully saturated rings. The number of hydrogen-bond donors (Lipinski definition) is 0. The number of aryl methyl sites for hydroxylation is 2. The van der Waals surface area contributed by atoms with Gasteiger partial charge in [-0.05, 0) is 37.5 Å². The van der Waals surface area contributed by atoms with E-state index >= 15 is 0 Å². The van der Waals surface area contributed by atoms with E-state index in [1.807, 2.05) is 0 Å². The zero-order valence-corrected chi connectivity index (χ0v) is 22.2. The normalized spacial score (nSPS) is 10.7. The van der Waals surface area contributed by atoms with E-state index < -0.39 is 0 Å². The molecule has 0 aliphatic rings. The zero-order chi connectivity index (χ0) is 23.5. The Morgan fingerprint density at radius 3 is 1.69 bits per heavy atom. The van der Waals surface area contributed by atoms with E-state index in [4.69, 9.17) is 0 Å². The molecule has 0 radical (unpaired) electrons. The molecule has 1 aromatic heterocycles. The molecular weight excluding hydrogens is 492 g/mol. The average molecular weight is 524 g/mol. The molecule has 0 unspecified atom stereocenters. The SMILES string of the molecule is CCn1c(-c2ccccc2)c(-c2ccccc2)[n+](Cc2ccccc2)c1-c1c(C)cccc1C.[Br-]. The summed E-state index contributed by atoms with van der Waals surface area (Å²) in [6, 6.07) is 39.1. The maximum Gasteiger partial charge on any atom is 0.290 e. The minimum Gasteiger partial charge on any atom is -1.00 e. The largest absolute Gasteiger partial charge is 1.00 e. The fourth-order valence-corrected chi connectivity index (χ4v) is 5.06. The molecule has 0 N–H and O–H groups in total. The third kappa shape index (κ3) is 4.74. The molecule has 0 atom stereocenters. The van der Waals surface area contributed by atoms with Gasteiger partial charge in [0.1, 0.15) is 6.54 Å². The van der Waals surface area contributed by atoms with Crippen LogP contribution in [0.2, 0.25) is 0 Å². The van der Waals surface area contributed by atoms with Gasteiger partial charge in [0.25, 0.3) is 5.82 Å². The Bertz CT molecular complexity index is 1380. The molecule has 5 rings (SSSR count). The van der Waals surface area contributed by atoms with Crippen molar-refractivity contribution < 1.29 is 21.5 Å². The van der Waals surface area contributed by atoms with Crippen molar-refractivity contribution in [3.63, 3.8) is 0 Å². The topological polar surface area (TPSA) is 8.81 Å². The summed E-state index contributed by atoms with van der Waals surface area (Å²) >= 11 is 0. The first-order valence-electron chi connectivity index (χ1n) is 12.1. The van der Waals surface area contributed by atoms with Gasteiger partial charge in [-0.15, -0.1) is 0 Å². The van der Waals surface area contributed by atoms with Crippen molar-refractivity contribution >= 4 is 0 Å². The van der Waals surface area contributed by atoms with Gasteiger partial charge in [0.2, 0.25) is 0 Å². The van der Waals surface area contributed by atoms with Gasteiger partial charge in [-0.3, -0.25) is 0 Å². The van der Waals surface area contributed by atoms with E-state index in [2.05, 4.69) is 139 Å². The summed E-state index contributed by atoms with van der Waals surface area (Å²) in [5.41, 5.74) is 10.2. The van der Waals surface area contributed by atoms with E-state index in [0.29, 0.717) is 0 Å². The van der Waals surface area contributed by atoms with Crippen LogP contribution in [0.5, 0.6) is 0 Å². The molecule has 5 aromatic rings. The summed E-state index contributed by atoms with van der Waals surface area (Å²) in [7, 11) is 0. The van der Waals surface area contributed by atoms with Crippen molar-refractivity contribution in [1.29, 1.82) is 0 Å². The number of halogens is 1. The summed E-state index contributed by atoms with van der Waals surface area (Å²) in [5.74, 6) is 1.26. The second-order valence-corrected chi connectivity index (χ2v) is 8.84. The Hall–Kier alpha value is -3.43. The molecule has 2 nitrogen and oxygen atoms in total. The van der Waals surface area contributed by atoms with Crippen LogP contribution >= 0.6 is 0 Å². The van der Waals surface area contributed by atoms with Crippen LogP contribution in [0.15, 0.2) is 109 Å². The van der Waals surface area contributed by atoms with Crippen LogP contribution < -0.4 is 21.5 Å². The molecule has 176 valence electrons. The molecule has 0 spiro atoms. The number of hydrogen-bond acceptors (Lipinski definition) is 0. The molecule has 0 aliphatic carbocycles. The van der Waals surface area contributed by atoms with Crippen LogP contribution in [-0.4, -0.2) is 4.57 Å². The molecular formula is C32H31BrN2. The van der Waals surface area contributed by atoms with Crippen LogP contribution in [-0.2, 0) is 13.1 Å². The quantitative estimate of drug-likeness (QED) is 0.291. The highest BCUT2D eigenvalue weighted by molar-refractivity contribution is 5.80. The van der Waals surface area contributed by atoms with Crippen molar-refractivity contribution in [3.05, 3.63) is 126 Å². The molecule has 0 saturated heterocycles. The minimum absolute atomic E-state index is 0. The Morgan fingerprint density at radius 2 is 1.14 bits per heavy atom. The Labute approximate surface area is 219 Å². The minimum atomic E-state index is 0. The molecule has 0 amide bonds. The van der Waals surface area contributed by atoms with E-state index in [1.54, 1.807) is 0 Å². The predicted octanol–water partition coefficient (Wildman–Crippen LogP) is 4.47. The van der Waals surface area contributed by atoms with Crippen LogP contribution in [0.25, 0.3) is 33.9 Å². The Morgan fingerprint density at radius 1 is 0.629 bits per heavy atom. The van der Waals surface area contributed by atoms with Crippen LogP contribution in [0.3, 0.4) is 0 Å². The average Bonchev–Trinajstić information content (AvgIpc) is 3.19. The van der Waals surface area contributed by atoms with E-state index in [-0.39, 0.29) is 17.0 Å². The summed E-state index contributed by atoms with van der Waals surface area (Å²) in [6.07, 6.45) is 0. The van der Waals surface area contributed by atoms with E-state index in [9.17, 15) is 0 Å². The Balaban J connectivity index is 0.00000289. The number of imidazole rings is 1. The molecule has 0 bridgehead atoms. The number of aromatic nitrogens is 2. The van der Waals surface area contributed by atoms with Crippen molar-refractivity contribution in [2.75, 3.05) is 0 Å². The smallest absolute Gasteiger partial charge is 0.290 e. The first-order chi connectivity index (χ1) is 16.7. The first-order valence-corrected chi connectivity index (χ1v) is 12.1. The second-order valence-electron chi connectivity index (χ2n) is 8.84. The third-order valence-electron chi connectivity index (χ3n) is 6.57. The highest BCUT2D eigenvalue weighted by Gasteiger charge is 2.34. The van der Waals surface area contributed by atoms with E-state index in [1.165, 1.54) is 50.6 Å². The molecule has 0 saturated carbocycles. The van der Waals surface area contributed by atoms with Crippen molar-refractivity contribution in [2.24, 2.45) is 0 Å². The lowest BCUT2D eigenvalue weighted by atomic mass is 10.0. The van der Waals surface area contributed by atoms with Crippen LogP contribution in [0, 0.1) is 13.8 Å². The van der Waals surface area contributed by atoms with Crippen LogP contribution in [0.1, 0.15) is 23.6 Å². The maximum absolute atomic E-state index is 2.53. The van der Waals surface area contributed by atoms with Crippen molar-refractivity contribution in [1.82, 2.24) is 4.57 Å². The van der Waals surface area contributed by atoms with Gasteiger partial charge in [0.05, 0.1) is 12.1 Å². The number of nitrogens with zero attached hydrogens (tertiary/aromatic N) is 2. The number of benzene rings is 4. The van der Waals surface area contributed by atoms with Gasteiger partial charge in [-0.1, -0.05) is 109 Å². The first kappa shape index (κ1) is 24.7. The van der Waals surface area contributed by atoms with Gasteiger partial charge in [0.15, 0.2) is 11.4 Å². The monoisotopic (exact) mass is 522 g/mol. The van der Waals surface area contributed by atoms with Crippen molar-refractivity contribution in [2.45, 2.75) is 33.9 Å². The maximum atomic E-state index is 2.53. The van der Waals surface area contributed by atoms with Gasteiger partial charge in [-0.2, -0.15) is 0 Å². The standard InChI is InChI=1S/C32H31N2.BrH/c1-4-33-30(27-19-10-6-11-20-27)31(28-21-12-7-13-22-28)34(23-26-17-8-5-9-18-26)32(33)29-24(2)15-14-16-25(29)3;/h5-22H,4,23H2,1-3H3;1H/q+1;/p-1. The fraction of sp³-hybridized carbons (Fsp3) is 0.156. The lowest BCUT2D eigenvalue weighted by molar-refractivity contribution is -0.666. The fourth-order valence-electron chi connectivity index (χ4n) is 5.06. The molecule has 0 aliphatic heterocycles. The second kappa shape index (κ2) is 10.9. The van der Waals surface area contributed by atoms with E-state index in [0.717, 1.165) is 13.1 Å². The van der Waals surface area contributed by atoms with Crippen LogP contribution in [0.4, 0.5) is 0 Å². The lowest BCUT2D eigenvalue weighted by Gasteiger charge is -2.11. The summed E-state index contributed by atoms with van der Waals surface area (Å²) in [4.78, 5) is 0. The predicted molar refractivity (Wildman–Crippen MR) is 142 cm³/mol.